The van der Waals surface area contributed by atoms with Gasteiger partial charge in [-0.05, 0) is 45.6 Å². The Kier molecular flexibility index (Phi) is 14.3. The predicted octanol–water partition coefficient (Wildman–Crippen LogP) is -3.95. The van der Waals surface area contributed by atoms with E-state index >= 15 is 0 Å². The van der Waals surface area contributed by atoms with E-state index in [-0.39, 0.29) is 31.8 Å². The number of nitrogens with two attached hydrogens (primary N) is 4. The van der Waals surface area contributed by atoms with Gasteiger partial charge in [0.15, 0.2) is 5.96 Å². The van der Waals surface area contributed by atoms with Gasteiger partial charge in [0.05, 0.1) is 12.6 Å². The molecule has 0 aliphatic carbocycles. The Morgan fingerprint density at radius 1 is 0.906 bits per heavy atom. The number of unbranched alkanes of at least 4 members (excludes halogenated alkanes) is 1. The molecule has 3 amide bonds. The zero-order chi connectivity index (χ0) is 24.7. The number of aliphatic carboxylic acids is 1. The highest BCUT2D eigenvalue weighted by atomic mass is 16.4. The third kappa shape index (κ3) is 12.0. The Morgan fingerprint density at radius 2 is 1.50 bits per heavy atom. The van der Waals surface area contributed by atoms with Crippen molar-refractivity contribution in [3.63, 3.8) is 0 Å². The van der Waals surface area contributed by atoms with Gasteiger partial charge in [0, 0.05) is 6.54 Å². The van der Waals surface area contributed by atoms with Crippen molar-refractivity contribution in [2.24, 2.45) is 27.9 Å². The Morgan fingerprint density at radius 3 is 2.00 bits per heavy atom. The molecular formula is C18H36N8O6. The zero-order valence-electron chi connectivity index (χ0n) is 18.3. The minimum absolute atomic E-state index is 0.0703. The lowest BCUT2D eigenvalue weighted by Crippen LogP contribution is -2.58. The van der Waals surface area contributed by atoms with E-state index < -0.39 is 54.5 Å². The second-order valence-electron chi connectivity index (χ2n) is 7.18. The third-order valence-corrected chi connectivity index (χ3v) is 4.41. The fourth-order valence-electron chi connectivity index (χ4n) is 2.69. The van der Waals surface area contributed by atoms with E-state index in [9.17, 15) is 29.4 Å². The van der Waals surface area contributed by atoms with Crippen molar-refractivity contribution in [2.75, 3.05) is 19.6 Å². The zero-order valence-corrected chi connectivity index (χ0v) is 18.3. The summed E-state index contributed by atoms with van der Waals surface area (Å²) in [6.07, 6.45) is 0.324. The van der Waals surface area contributed by atoms with Crippen LogP contribution in [-0.2, 0) is 19.2 Å². The van der Waals surface area contributed by atoms with E-state index in [1.807, 2.05) is 0 Å². The monoisotopic (exact) mass is 460 g/mol. The first-order valence-corrected chi connectivity index (χ1v) is 10.3. The molecule has 0 spiro atoms. The molecule has 0 saturated heterocycles. The van der Waals surface area contributed by atoms with E-state index in [1.54, 1.807) is 0 Å². The first-order chi connectivity index (χ1) is 15.0. The van der Waals surface area contributed by atoms with Crippen molar-refractivity contribution in [2.45, 2.75) is 63.3 Å². The van der Waals surface area contributed by atoms with E-state index in [2.05, 4.69) is 20.9 Å². The standard InChI is InChI=1S/C18H36N8O6/c1-10(27)14(26-13(28)9-20)16(30)24-11(6-4-8-23-18(21)22)15(29)25-12(17(31)32)5-2-3-7-19/h10-12,14,27H,2-9,19-20H2,1H3,(H,24,30)(H,25,29)(H,26,28)(H,31,32)(H4,21,22,23). The number of aliphatic hydroxyl groups excluding tert-OH is 1. The fraction of sp³-hybridized carbons (Fsp3) is 0.722. The van der Waals surface area contributed by atoms with E-state index in [1.165, 1.54) is 6.92 Å². The summed E-state index contributed by atoms with van der Waals surface area (Å²) in [7, 11) is 0. The molecule has 14 nitrogen and oxygen atoms in total. The smallest absolute Gasteiger partial charge is 0.326 e. The van der Waals surface area contributed by atoms with Gasteiger partial charge in [0.1, 0.15) is 18.1 Å². The largest absolute Gasteiger partial charge is 0.480 e. The number of nitrogens with one attached hydrogen (secondary N) is 3. The molecule has 0 bridgehead atoms. The molecule has 0 saturated carbocycles. The molecule has 0 fully saturated rings. The molecule has 0 heterocycles. The van der Waals surface area contributed by atoms with Gasteiger partial charge in [-0.3, -0.25) is 19.4 Å². The second kappa shape index (κ2) is 15.8. The molecule has 13 N–H and O–H groups in total. The van der Waals surface area contributed by atoms with Gasteiger partial charge in [-0.25, -0.2) is 4.79 Å². The van der Waals surface area contributed by atoms with Gasteiger partial charge in [-0.15, -0.1) is 0 Å². The van der Waals surface area contributed by atoms with Crippen LogP contribution in [0.2, 0.25) is 0 Å². The second-order valence-corrected chi connectivity index (χ2v) is 7.18. The van der Waals surface area contributed by atoms with Gasteiger partial charge in [-0.1, -0.05) is 0 Å². The number of carboxylic acid groups (broad SMARTS) is 1. The number of aliphatic hydroxyl groups is 1. The van der Waals surface area contributed by atoms with Gasteiger partial charge in [-0.2, -0.15) is 0 Å². The highest BCUT2D eigenvalue weighted by molar-refractivity contribution is 5.93. The number of carbonyl (C=O) groups is 4. The molecule has 0 aromatic rings. The molecule has 14 heteroatoms. The van der Waals surface area contributed by atoms with Crippen LogP contribution in [0.5, 0.6) is 0 Å². The molecule has 0 aromatic heterocycles. The first-order valence-electron chi connectivity index (χ1n) is 10.3. The highest BCUT2D eigenvalue weighted by Crippen LogP contribution is 2.05. The number of rotatable bonds is 16. The minimum atomic E-state index is -1.36. The van der Waals surface area contributed by atoms with Crippen LogP contribution in [0.3, 0.4) is 0 Å². The summed E-state index contributed by atoms with van der Waals surface area (Å²) in [5.74, 6) is -3.61. The molecule has 4 unspecified atom stereocenters. The Balaban J connectivity index is 5.38. The van der Waals surface area contributed by atoms with Crippen LogP contribution in [0.1, 0.15) is 39.0 Å². The number of amides is 3. The Bertz CT molecular complexity index is 653. The van der Waals surface area contributed by atoms with Crippen LogP contribution >= 0.6 is 0 Å². The van der Waals surface area contributed by atoms with Gasteiger partial charge in [0.2, 0.25) is 17.7 Å². The number of nitrogens with zero attached hydrogens (tertiary/aromatic N) is 1. The maximum absolute atomic E-state index is 12.8. The minimum Gasteiger partial charge on any atom is -0.480 e. The topological polar surface area (TPSA) is 261 Å². The summed E-state index contributed by atoms with van der Waals surface area (Å²) < 4.78 is 0. The Labute approximate surface area is 186 Å². The lowest BCUT2D eigenvalue weighted by atomic mass is 10.1. The van der Waals surface area contributed by atoms with E-state index in [4.69, 9.17) is 22.9 Å². The number of carbonyl (C=O) groups excluding carboxylic acids is 3. The average Bonchev–Trinajstić information content (AvgIpc) is 2.72. The van der Waals surface area contributed by atoms with Crippen LogP contribution in [-0.4, -0.2) is 83.7 Å². The van der Waals surface area contributed by atoms with Gasteiger partial charge >= 0.3 is 5.97 Å². The SMILES string of the molecule is CC(O)C(NC(=O)CN)C(=O)NC(CCCN=C(N)N)C(=O)NC(CCCCN)C(=O)O. The molecule has 184 valence electrons. The Hall–Kier alpha value is -2.97. The predicted molar refractivity (Wildman–Crippen MR) is 117 cm³/mol. The molecule has 0 aromatic carbocycles. The lowest BCUT2D eigenvalue weighted by Gasteiger charge is -2.25. The molecule has 0 aliphatic heterocycles. The van der Waals surface area contributed by atoms with Crippen LogP contribution in [0.15, 0.2) is 4.99 Å². The summed E-state index contributed by atoms with van der Waals surface area (Å²) >= 11 is 0. The summed E-state index contributed by atoms with van der Waals surface area (Å²) in [6.45, 7) is 1.44. The van der Waals surface area contributed by atoms with Crippen LogP contribution in [0.4, 0.5) is 0 Å². The normalized spacial score (nSPS) is 14.4. The molecular weight excluding hydrogens is 424 g/mol. The van der Waals surface area contributed by atoms with Crippen molar-refractivity contribution < 1.29 is 29.4 Å². The molecule has 0 rings (SSSR count). The van der Waals surface area contributed by atoms with Crippen molar-refractivity contribution in [1.82, 2.24) is 16.0 Å². The molecule has 4 atom stereocenters. The van der Waals surface area contributed by atoms with Gasteiger partial charge in [0.25, 0.3) is 0 Å². The van der Waals surface area contributed by atoms with Crippen LogP contribution in [0, 0.1) is 0 Å². The molecule has 32 heavy (non-hydrogen) atoms. The van der Waals surface area contributed by atoms with Crippen LogP contribution < -0.4 is 38.9 Å². The maximum atomic E-state index is 12.8. The molecule has 0 aliphatic rings. The average molecular weight is 461 g/mol. The number of hydrogen-bond acceptors (Lipinski definition) is 8. The summed E-state index contributed by atoms with van der Waals surface area (Å²) in [5, 5.41) is 26.3. The quantitative estimate of drug-likeness (QED) is 0.0612. The number of carboxylic acids is 1. The number of guanidine groups is 1. The highest BCUT2D eigenvalue weighted by Gasteiger charge is 2.31. The van der Waals surface area contributed by atoms with E-state index in [0.717, 1.165) is 0 Å². The molecule has 0 radical (unpaired) electrons. The third-order valence-electron chi connectivity index (χ3n) is 4.41. The van der Waals surface area contributed by atoms with Crippen molar-refractivity contribution in [3.05, 3.63) is 0 Å². The lowest BCUT2D eigenvalue weighted by molar-refractivity contribution is -0.142. The maximum Gasteiger partial charge on any atom is 0.326 e. The van der Waals surface area contributed by atoms with E-state index in [0.29, 0.717) is 19.4 Å². The first kappa shape index (κ1) is 29.0. The van der Waals surface area contributed by atoms with Crippen molar-refractivity contribution in [3.8, 4) is 0 Å². The summed E-state index contributed by atoms with van der Waals surface area (Å²) in [6, 6.07) is -3.70. The summed E-state index contributed by atoms with van der Waals surface area (Å²) in [4.78, 5) is 52.2. The summed E-state index contributed by atoms with van der Waals surface area (Å²) in [5.41, 5.74) is 21.2. The van der Waals surface area contributed by atoms with Crippen molar-refractivity contribution in [1.29, 1.82) is 0 Å². The van der Waals surface area contributed by atoms with Crippen LogP contribution in [0.25, 0.3) is 0 Å². The fourth-order valence-corrected chi connectivity index (χ4v) is 2.69. The van der Waals surface area contributed by atoms with Crippen molar-refractivity contribution >= 4 is 29.7 Å². The number of hydrogen-bond donors (Lipinski definition) is 9. The van der Waals surface area contributed by atoms with Gasteiger partial charge < -0.3 is 49.1 Å². The number of aliphatic imine (C=N–C) groups is 1.